The second-order valence-corrected chi connectivity index (χ2v) is 8.67. The minimum Gasteiger partial charge on any atom is -0.496 e. The molecule has 0 aliphatic carbocycles. The number of carbonyl (C=O) groups excluding carboxylic acids is 1. The highest BCUT2D eigenvalue weighted by Gasteiger charge is 2.41. The second kappa shape index (κ2) is 8.14. The average Bonchev–Trinajstić information content (AvgIpc) is 3.48. The van der Waals surface area contributed by atoms with Gasteiger partial charge in [0, 0.05) is 18.7 Å². The van der Waals surface area contributed by atoms with Gasteiger partial charge in [-0.2, -0.15) is 13.2 Å². The molecule has 2 aromatic heterocycles. The van der Waals surface area contributed by atoms with Crippen LogP contribution in [0.25, 0.3) is 22.2 Å². The minimum absolute atomic E-state index is 0.151. The maximum Gasteiger partial charge on any atom is 0.416 e. The van der Waals surface area contributed by atoms with Crippen molar-refractivity contribution in [2.24, 2.45) is 0 Å². The Morgan fingerprint density at radius 3 is 2.81 bits per heavy atom. The third-order valence-corrected chi connectivity index (χ3v) is 6.56. The summed E-state index contributed by atoms with van der Waals surface area (Å²) in [5, 5.41) is 7.35. The molecule has 0 radical (unpaired) electrons. The lowest BCUT2D eigenvalue weighted by Crippen LogP contribution is -2.48. The first kappa shape index (κ1) is 22.2. The van der Waals surface area contributed by atoms with Gasteiger partial charge >= 0.3 is 12.2 Å². The summed E-state index contributed by atoms with van der Waals surface area (Å²) >= 11 is 0. The molecule has 0 saturated carbocycles. The van der Waals surface area contributed by atoms with Crippen molar-refractivity contribution in [3.05, 3.63) is 60.2 Å². The molecular weight excluding hydrogens is 475 g/mol. The van der Waals surface area contributed by atoms with Crippen molar-refractivity contribution in [2.45, 2.75) is 18.6 Å². The first-order chi connectivity index (χ1) is 17.3. The van der Waals surface area contributed by atoms with Crippen LogP contribution in [0.1, 0.15) is 12.0 Å². The highest BCUT2D eigenvalue weighted by Crippen LogP contribution is 2.41. The van der Waals surface area contributed by atoms with E-state index >= 15 is 0 Å². The monoisotopic (exact) mass is 495 g/mol. The molecule has 1 saturated heterocycles. The first-order valence-electron chi connectivity index (χ1n) is 11.3. The number of rotatable bonds is 3. The Balaban J connectivity index is 1.39. The molecule has 1 fully saturated rings. The number of aromatic nitrogens is 2. The predicted molar refractivity (Wildman–Crippen MR) is 127 cm³/mol. The van der Waals surface area contributed by atoms with Crippen LogP contribution in [-0.2, 0) is 6.18 Å². The Hall–Kier alpha value is -4.28. The molecule has 1 atom stereocenters. The first-order valence-corrected chi connectivity index (χ1v) is 11.3. The van der Waals surface area contributed by atoms with E-state index in [1.807, 2.05) is 0 Å². The van der Waals surface area contributed by atoms with Crippen LogP contribution in [0.4, 0.5) is 35.3 Å². The molecule has 4 heterocycles. The molecule has 1 unspecified atom stereocenters. The molecule has 11 heteroatoms. The number of nitrogens with zero attached hydrogens (tertiary/aromatic N) is 4. The summed E-state index contributed by atoms with van der Waals surface area (Å²) in [5.74, 6) is 1.10. The lowest BCUT2D eigenvalue weighted by atomic mass is 10.1. The quantitative estimate of drug-likeness (QED) is 0.401. The molecular formula is C25H20F3N5O3. The minimum atomic E-state index is -4.47. The Morgan fingerprint density at radius 1 is 1.17 bits per heavy atom. The molecule has 2 aliphatic rings. The van der Waals surface area contributed by atoms with Gasteiger partial charge in [-0.3, -0.25) is 10.2 Å². The Bertz CT molecular complexity index is 1490. The predicted octanol–water partition coefficient (Wildman–Crippen LogP) is 5.55. The van der Waals surface area contributed by atoms with Crippen molar-refractivity contribution in [2.75, 3.05) is 35.3 Å². The van der Waals surface area contributed by atoms with E-state index in [0.29, 0.717) is 40.3 Å². The van der Waals surface area contributed by atoms with Gasteiger partial charge < -0.3 is 14.2 Å². The number of halogens is 3. The highest BCUT2D eigenvalue weighted by atomic mass is 19.4. The number of pyridine rings is 1. The standard InChI is InChI=1S/C25H20F3N5O3/c1-35-19-6-3-7-20-21(19)22(31-36-20)30-24(34)33-16-10-11-32(13-16)18-9-8-17(29-23(18)33)14-4-2-5-15(12-14)25(26,27)28/h2-9,12,16H,10-11,13H2,1H3,(H,30,31,34). The molecule has 2 bridgehead atoms. The van der Waals surface area contributed by atoms with E-state index in [-0.39, 0.29) is 11.9 Å². The van der Waals surface area contributed by atoms with Gasteiger partial charge in [0.15, 0.2) is 17.2 Å². The van der Waals surface area contributed by atoms with E-state index in [9.17, 15) is 18.0 Å². The van der Waals surface area contributed by atoms with Gasteiger partial charge in [-0.05, 0) is 42.8 Å². The summed E-state index contributed by atoms with van der Waals surface area (Å²) in [5.41, 5.74) is 1.10. The summed E-state index contributed by atoms with van der Waals surface area (Å²) < 4.78 is 50.6. The Labute approximate surface area is 203 Å². The van der Waals surface area contributed by atoms with Crippen LogP contribution in [0, 0.1) is 0 Å². The summed E-state index contributed by atoms with van der Waals surface area (Å²) in [4.78, 5) is 21.9. The van der Waals surface area contributed by atoms with Gasteiger partial charge in [-0.1, -0.05) is 23.4 Å². The number of benzene rings is 2. The molecule has 8 nitrogen and oxygen atoms in total. The van der Waals surface area contributed by atoms with Crippen molar-refractivity contribution in [3.63, 3.8) is 0 Å². The molecule has 2 aliphatic heterocycles. The number of amides is 2. The summed E-state index contributed by atoms with van der Waals surface area (Å²) in [7, 11) is 1.51. The van der Waals surface area contributed by atoms with Crippen molar-refractivity contribution >= 4 is 34.3 Å². The van der Waals surface area contributed by atoms with Crippen molar-refractivity contribution in [3.8, 4) is 17.0 Å². The largest absolute Gasteiger partial charge is 0.496 e. The molecule has 2 aromatic carbocycles. The number of ether oxygens (including phenoxy) is 1. The van der Waals surface area contributed by atoms with Crippen LogP contribution in [0.5, 0.6) is 5.75 Å². The average molecular weight is 495 g/mol. The van der Waals surface area contributed by atoms with Crippen LogP contribution in [0.2, 0.25) is 0 Å². The van der Waals surface area contributed by atoms with Crippen molar-refractivity contribution in [1.29, 1.82) is 0 Å². The van der Waals surface area contributed by atoms with Crippen LogP contribution < -0.4 is 19.9 Å². The fraction of sp³-hybridized carbons (Fsp3) is 0.240. The second-order valence-electron chi connectivity index (χ2n) is 8.67. The molecule has 36 heavy (non-hydrogen) atoms. The Morgan fingerprint density at radius 2 is 2.00 bits per heavy atom. The number of hydrogen-bond donors (Lipinski definition) is 1. The van der Waals surface area contributed by atoms with Crippen LogP contribution in [-0.4, -0.2) is 42.4 Å². The molecule has 184 valence electrons. The highest BCUT2D eigenvalue weighted by molar-refractivity contribution is 6.08. The van der Waals surface area contributed by atoms with Gasteiger partial charge in [0.2, 0.25) is 0 Å². The SMILES string of the molecule is COc1cccc2onc(NC(=O)N3c4nc(-c5cccc(C(F)(F)F)c5)ccc4N4CCC3C4)c12. The molecule has 6 rings (SSSR count). The fourth-order valence-electron chi connectivity index (χ4n) is 4.86. The number of carbonyl (C=O) groups is 1. The van der Waals surface area contributed by atoms with E-state index in [1.165, 1.54) is 13.2 Å². The summed E-state index contributed by atoms with van der Waals surface area (Å²) in [6.45, 7) is 1.38. The van der Waals surface area contributed by atoms with Gasteiger partial charge in [0.25, 0.3) is 0 Å². The topological polar surface area (TPSA) is 83.7 Å². The summed E-state index contributed by atoms with van der Waals surface area (Å²) in [6, 6.07) is 13.1. The molecule has 4 aromatic rings. The number of hydrogen-bond acceptors (Lipinski definition) is 6. The summed E-state index contributed by atoms with van der Waals surface area (Å²) in [6.07, 6.45) is -3.74. The zero-order chi connectivity index (χ0) is 25.0. The molecule has 1 N–H and O–H groups in total. The molecule has 2 amide bonds. The number of nitrogens with one attached hydrogen (secondary N) is 1. The number of fused-ring (bicyclic) bond motifs is 5. The third-order valence-electron chi connectivity index (χ3n) is 6.56. The zero-order valence-corrected chi connectivity index (χ0v) is 19.0. The number of anilines is 3. The lowest BCUT2D eigenvalue weighted by molar-refractivity contribution is -0.137. The van der Waals surface area contributed by atoms with Gasteiger partial charge in [0.1, 0.15) is 11.1 Å². The smallest absolute Gasteiger partial charge is 0.416 e. The van der Waals surface area contributed by atoms with Gasteiger partial charge in [0.05, 0.1) is 30.1 Å². The van der Waals surface area contributed by atoms with E-state index < -0.39 is 17.8 Å². The number of alkyl halides is 3. The Kier molecular flexibility index (Phi) is 5.02. The van der Waals surface area contributed by atoms with Crippen molar-refractivity contribution in [1.82, 2.24) is 10.1 Å². The number of methoxy groups -OCH3 is 1. The van der Waals surface area contributed by atoms with Crippen LogP contribution in [0.15, 0.2) is 59.1 Å². The third kappa shape index (κ3) is 3.58. The maximum atomic E-state index is 13.6. The lowest BCUT2D eigenvalue weighted by Gasteiger charge is -2.35. The normalized spacial score (nSPS) is 16.8. The van der Waals surface area contributed by atoms with Crippen molar-refractivity contribution < 1.29 is 27.2 Å². The van der Waals surface area contributed by atoms with E-state index in [4.69, 9.17) is 9.26 Å². The van der Waals surface area contributed by atoms with E-state index in [2.05, 4.69) is 20.4 Å². The van der Waals surface area contributed by atoms with Crippen LogP contribution >= 0.6 is 0 Å². The van der Waals surface area contributed by atoms with E-state index in [1.54, 1.807) is 41.3 Å². The molecule has 0 spiro atoms. The van der Waals surface area contributed by atoms with Gasteiger partial charge in [-0.15, -0.1) is 0 Å². The fourth-order valence-corrected chi connectivity index (χ4v) is 4.86. The number of urea groups is 1. The van der Waals surface area contributed by atoms with Crippen LogP contribution in [0.3, 0.4) is 0 Å². The van der Waals surface area contributed by atoms with Gasteiger partial charge in [-0.25, -0.2) is 9.78 Å². The zero-order valence-electron chi connectivity index (χ0n) is 19.0. The van der Waals surface area contributed by atoms with E-state index in [0.717, 1.165) is 30.8 Å². The maximum absolute atomic E-state index is 13.6.